The topological polar surface area (TPSA) is 101 Å². The number of amides is 2. The molecule has 7 nitrogen and oxygen atoms in total. The predicted molar refractivity (Wildman–Crippen MR) is 75.1 cm³/mol. The van der Waals surface area contributed by atoms with Crippen LogP contribution in [0.25, 0.3) is 0 Å². The van der Waals surface area contributed by atoms with E-state index in [9.17, 15) is 9.59 Å². The fraction of sp³-hybridized carbons (Fsp3) is 0.583. The van der Waals surface area contributed by atoms with E-state index >= 15 is 0 Å². The zero-order valence-corrected chi connectivity index (χ0v) is 12.7. The number of carboxylic acid groups (broad SMARTS) is 1. The summed E-state index contributed by atoms with van der Waals surface area (Å²) in [5.74, 6) is -1.08. The second kappa shape index (κ2) is 6.67. The fourth-order valence-corrected chi connectivity index (χ4v) is 2.38. The van der Waals surface area contributed by atoms with Gasteiger partial charge in [0.2, 0.25) is 0 Å². The van der Waals surface area contributed by atoms with Crippen LogP contribution < -0.4 is 10.6 Å². The number of carboxylic acids is 1. The van der Waals surface area contributed by atoms with Gasteiger partial charge in [0.1, 0.15) is 5.01 Å². The Kier molecular flexibility index (Phi) is 5.46. The maximum absolute atomic E-state index is 11.8. The third-order valence-corrected chi connectivity index (χ3v) is 3.44. The molecular weight excluding hydrogens is 282 g/mol. The van der Waals surface area contributed by atoms with E-state index in [2.05, 4.69) is 15.6 Å². The first kappa shape index (κ1) is 16.4. The second-order valence-corrected chi connectivity index (χ2v) is 5.90. The lowest BCUT2D eigenvalue weighted by Gasteiger charge is -2.26. The van der Waals surface area contributed by atoms with Crippen molar-refractivity contribution in [1.29, 1.82) is 0 Å². The monoisotopic (exact) mass is 301 g/mol. The lowest BCUT2D eigenvalue weighted by atomic mass is 10.1. The Balaban J connectivity index is 2.58. The smallest absolute Gasteiger partial charge is 0.355 e. The Morgan fingerprint density at radius 1 is 1.55 bits per heavy atom. The highest BCUT2D eigenvalue weighted by molar-refractivity contribution is 7.09. The summed E-state index contributed by atoms with van der Waals surface area (Å²) in [6.45, 7) is 5.81. The van der Waals surface area contributed by atoms with Crippen molar-refractivity contribution >= 4 is 23.3 Å². The Morgan fingerprint density at radius 2 is 2.20 bits per heavy atom. The zero-order valence-electron chi connectivity index (χ0n) is 11.9. The number of nitrogens with zero attached hydrogens (tertiary/aromatic N) is 1. The summed E-state index contributed by atoms with van der Waals surface area (Å²) in [4.78, 5) is 26.5. The summed E-state index contributed by atoms with van der Waals surface area (Å²) in [6, 6.07) is -0.724. The van der Waals surface area contributed by atoms with E-state index in [1.807, 2.05) is 13.8 Å². The van der Waals surface area contributed by atoms with Gasteiger partial charge in [-0.3, -0.25) is 0 Å². The van der Waals surface area contributed by atoms with Gasteiger partial charge >= 0.3 is 12.0 Å². The number of carbonyl (C=O) groups is 2. The van der Waals surface area contributed by atoms with Crippen LogP contribution in [-0.2, 0) is 4.74 Å². The highest BCUT2D eigenvalue weighted by Gasteiger charge is 2.22. The van der Waals surface area contributed by atoms with E-state index in [0.717, 1.165) is 0 Å². The van der Waals surface area contributed by atoms with Gasteiger partial charge in [-0.15, -0.1) is 11.3 Å². The van der Waals surface area contributed by atoms with Gasteiger partial charge in [-0.25, -0.2) is 14.6 Å². The average Bonchev–Trinajstić information content (AvgIpc) is 2.76. The van der Waals surface area contributed by atoms with Crippen molar-refractivity contribution in [3.8, 4) is 0 Å². The molecule has 1 rings (SSSR count). The average molecular weight is 301 g/mol. The van der Waals surface area contributed by atoms with E-state index < -0.39 is 11.5 Å². The number of rotatable bonds is 6. The van der Waals surface area contributed by atoms with E-state index in [1.165, 1.54) is 16.7 Å². The third-order valence-electron chi connectivity index (χ3n) is 2.42. The molecule has 0 aliphatic carbocycles. The molecule has 20 heavy (non-hydrogen) atoms. The molecule has 0 saturated carbocycles. The van der Waals surface area contributed by atoms with Gasteiger partial charge in [0.15, 0.2) is 5.69 Å². The molecule has 112 valence electrons. The van der Waals surface area contributed by atoms with Gasteiger partial charge in [0.25, 0.3) is 0 Å². The molecule has 8 heteroatoms. The number of urea groups is 1. The molecule has 0 aliphatic rings. The van der Waals surface area contributed by atoms with Crippen LogP contribution in [0.5, 0.6) is 0 Å². The van der Waals surface area contributed by atoms with Crippen molar-refractivity contribution in [3.63, 3.8) is 0 Å². The van der Waals surface area contributed by atoms with E-state index in [0.29, 0.717) is 11.6 Å². The number of carbonyl (C=O) groups excluding carboxylic acids is 1. The Morgan fingerprint density at radius 3 is 2.70 bits per heavy atom. The highest BCUT2D eigenvalue weighted by Crippen LogP contribution is 2.18. The molecule has 1 atom stereocenters. The first-order valence-corrected chi connectivity index (χ1v) is 6.89. The normalized spacial score (nSPS) is 12.8. The summed E-state index contributed by atoms with van der Waals surface area (Å²) in [5.41, 5.74) is -0.507. The molecule has 2 amide bonds. The predicted octanol–water partition coefficient (Wildman–Crippen LogP) is 1.63. The molecule has 0 saturated heterocycles. The third kappa shape index (κ3) is 4.78. The van der Waals surface area contributed by atoms with Crippen molar-refractivity contribution in [3.05, 3.63) is 16.1 Å². The minimum Gasteiger partial charge on any atom is -0.476 e. The lowest BCUT2D eigenvalue weighted by Crippen LogP contribution is -2.51. The molecular formula is C12H19N3O4S. The summed E-state index contributed by atoms with van der Waals surface area (Å²) in [5, 5.41) is 16.3. The number of hydrogen-bond acceptors (Lipinski definition) is 5. The van der Waals surface area contributed by atoms with Crippen LogP contribution in [0.1, 0.15) is 42.3 Å². The minimum absolute atomic E-state index is 0.0150. The molecule has 1 aromatic heterocycles. The molecule has 1 heterocycles. The standard InChI is InChI=1S/C12H19N3O4S/c1-7(9-14-8(5-20-9)10(16)17)13-11(18)15-12(2,3)6-19-4/h5,7H,6H2,1-4H3,(H,16,17)(H2,13,15,18). The van der Waals surface area contributed by atoms with Gasteiger partial charge < -0.3 is 20.5 Å². The van der Waals surface area contributed by atoms with Crippen LogP contribution in [-0.4, -0.2) is 41.3 Å². The largest absolute Gasteiger partial charge is 0.476 e. The molecule has 0 bridgehead atoms. The van der Waals surface area contributed by atoms with Crippen LogP contribution >= 0.6 is 11.3 Å². The van der Waals surface area contributed by atoms with Gasteiger partial charge in [-0.2, -0.15) is 0 Å². The molecule has 1 aromatic rings. The molecule has 1 unspecified atom stereocenters. The quantitative estimate of drug-likeness (QED) is 0.741. The van der Waals surface area contributed by atoms with Crippen LogP contribution in [0.3, 0.4) is 0 Å². The van der Waals surface area contributed by atoms with E-state index in [1.54, 1.807) is 14.0 Å². The molecule has 0 spiro atoms. The van der Waals surface area contributed by atoms with Crippen molar-refractivity contribution in [1.82, 2.24) is 15.6 Å². The molecule has 0 fully saturated rings. The van der Waals surface area contributed by atoms with Crippen LogP contribution in [0.15, 0.2) is 5.38 Å². The maximum Gasteiger partial charge on any atom is 0.355 e. The second-order valence-electron chi connectivity index (χ2n) is 5.01. The van der Waals surface area contributed by atoms with Gasteiger partial charge in [0, 0.05) is 12.5 Å². The van der Waals surface area contributed by atoms with Crippen molar-refractivity contribution in [2.24, 2.45) is 0 Å². The Hall–Kier alpha value is -1.67. The summed E-state index contributed by atoms with van der Waals surface area (Å²) in [7, 11) is 1.56. The first-order chi connectivity index (χ1) is 9.25. The minimum atomic E-state index is -1.08. The van der Waals surface area contributed by atoms with Crippen molar-refractivity contribution in [2.45, 2.75) is 32.4 Å². The maximum atomic E-state index is 11.8. The number of hydrogen-bond donors (Lipinski definition) is 3. The molecule has 0 aliphatic heterocycles. The van der Waals surface area contributed by atoms with Gasteiger partial charge in [-0.1, -0.05) is 0 Å². The van der Waals surface area contributed by atoms with Gasteiger partial charge in [-0.05, 0) is 20.8 Å². The molecule has 0 radical (unpaired) electrons. The van der Waals surface area contributed by atoms with Crippen molar-refractivity contribution < 1.29 is 19.4 Å². The molecule has 3 N–H and O–H groups in total. The van der Waals surface area contributed by atoms with Crippen molar-refractivity contribution in [2.75, 3.05) is 13.7 Å². The number of ether oxygens (including phenoxy) is 1. The highest BCUT2D eigenvalue weighted by atomic mass is 32.1. The summed E-state index contributed by atoms with van der Waals surface area (Å²) >= 11 is 1.20. The van der Waals surface area contributed by atoms with Crippen LogP contribution in [0.2, 0.25) is 0 Å². The number of methoxy groups -OCH3 is 1. The number of aromatic carboxylic acids is 1. The number of aromatic nitrogens is 1. The number of nitrogens with one attached hydrogen (secondary N) is 2. The summed E-state index contributed by atoms with van der Waals surface area (Å²) in [6.07, 6.45) is 0. The SMILES string of the molecule is COCC(C)(C)NC(=O)NC(C)c1nc(C(=O)O)cs1. The van der Waals surface area contributed by atoms with E-state index in [-0.39, 0.29) is 17.8 Å². The van der Waals surface area contributed by atoms with E-state index in [4.69, 9.17) is 9.84 Å². The van der Waals surface area contributed by atoms with Crippen LogP contribution in [0.4, 0.5) is 4.79 Å². The Labute approximate surface area is 121 Å². The summed E-state index contributed by atoms with van der Waals surface area (Å²) < 4.78 is 5.01. The van der Waals surface area contributed by atoms with Gasteiger partial charge in [0.05, 0.1) is 18.2 Å². The zero-order chi connectivity index (χ0) is 15.3. The fourth-order valence-electron chi connectivity index (χ4n) is 1.58. The Bertz CT molecular complexity index is 487. The van der Waals surface area contributed by atoms with Crippen LogP contribution in [0, 0.1) is 0 Å². The number of thiazole rings is 1. The molecule has 0 aromatic carbocycles. The first-order valence-electron chi connectivity index (χ1n) is 6.01. The lowest BCUT2D eigenvalue weighted by molar-refractivity contribution is 0.0691.